The van der Waals surface area contributed by atoms with Crippen molar-refractivity contribution in [2.75, 3.05) is 13.2 Å². The van der Waals surface area contributed by atoms with E-state index in [4.69, 9.17) is 15.3 Å². The van der Waals surface area contributed by atoms with E-state index in [1.165, 1.54) is 12.7 Å². The predicted molar refractivity (Wildman–Crippen MR) is 75.4 cm³/mol. The molecule has 7 heteroatoms. The first kappa shape index (κ1) is 13.5. The highest BCUT2D eigenvalue weighted by atomic mass is 16.5. The molecule has 0 saturated heterocycles. The topological polar surface area (TPSA) is 99.8 Å². The van der Waals surface area contributed by atoms with Crippen LogP contribution in [0.25, 0.3) is 11.2 Å². The van der Waals surface area contributed by atoms with Crippen LogP contribution in [0.4, 0.5) is 0 Å². The Bertz CT molecular complexity index is 781. The number of hydrogen-bond donors (Lipinski definition) is 3. The zero-order valence-electron chi connectivity index (χ0n) is 11.2. The molecule has 0 saturated carbocycles. The molecule has 3 aromatic rings. The first-order chi connectivity index (χ1) is 10.3. The second kappa shape index (κ2) is 5.86. The maximum absolute atomic E-state index is 9.00. The number of ether oxygens (including phenoxy) is 1. The van der Waals surface area contributed by atoms with Crippen LogP contribution >= 0.6 is 0 Å². The molecule has 0 aliphatic carbocycles. The van der Waals surface area contributed by atoms with Gasteiger partial charge in [0.15, 0.2) is 17.4 Å². The van der Waals surface area contributed by atoms with E-state index in [9.17, 15) is 0 Å². The van der Waals surface area contributed by atoms with Crippen LogP contribution < -0.4 is 5.49 Å². The third kappa shape index (κ3) is 2.56. The first-order valence-corrected chi connectivity index (χ1v) is 6.53. The summed E-state index contributed by atoms with van der Waals surface area (Å²) in [4.78, 5) is 11.2. The third-order valence-electron chi connectivity index (χ3n) is 3.12. The Morgan fingerprint density at radius 2 is 2.10 bits per heavy atom. The highest BCUT2D eigenvalue weighted by Crippen LogP contribution is 2.18. The number of aromatic nitrogens is 4. The normalized spacial score (nSPS) is 12.6. The molecule has 21 heavy (non-hydrogen) atoms. The maximum atomic E-state index is 9.00. The van der Waals surface area contributed by atoms with Gasteiger partial charge in [0, 0.05) is 5.56 Å². The Labute approximate surface area is 120 Å². The quantitative estimate of drug-likeness (QED) is 0.645. The Hall–Kier alpha value is -2.51. The minimum atomic E-state index is -0.522. The van der Waals surface area contributed by atoms with Crippen molar-refractivity contribution in [1.29, 1.82) is 5.41 Å². The van der Waals surface area contributed by atoms with Crippen LogP contribution in [0.15, 0.2) is 43.0 Å². The molecular weight excluding hydrogens is 270 g/mol. The van der Waals surface area contributed by atoms with Gasteiger partial charge in [0.25, 0.3) is 0 Å². The molecule has 0 bridgehead atoms. The van der Waals surface area contributed by atoms with Crippen LogP contribution in [-0.4, -0.2) is 37.8 Å². The molecule has 0 spiro atoms. The summed E-state index contributed by atoms with van der Waals surface area (Å²) in [5.74, 6) is 0. The van der Waals surface area contributed by atoms with E-state index in [0.717, 1.165) is 5.56 Å². The van der Waals surface area contributed by atoms with Crippen LogP contribution in [0, 0.1) is 5.41 Å². The molecule has 3 rings (SSSR count). The van der Waals surface area contributed by atoms with Gasteiger partial charge in [-0.3, -0.25) is 9.98 Å². The molecular formula is C14H15N5O2. The van der Waals surface area contributed by atoms with Crippen molar-refractivity contribution in [3.63, 3.8) is 0 Å². The predicted octanol–water partition coefficient (Wildman–Crippen LogP) is 0.795. The molecule has 0 fully saturated rings. The van der Waals surface area contributed by atoms with Gasteiger partial charge >= 0.3 is 0 Å². The minimum Gasteiger partial charge on any atom is -0.394 e. The average molecular weight is 285 g/mol. The van der Waals surface area contributed by atoms with Gasteiger partial charge in [-0.05, 0) is 0 Å². The van der Waals surface area contributed by atoms with Crippen LogP contribution in [0.2, 0.25) is 0 Å². The lowest BCUT2D eigenvalue weighted by atomic mass is 10.2. The third-order valence-corrected chi connectivity index (χ3v) is 3.12. The van der Waals surface area contributed by atoms with Gasteiger partial charge in [-0.15, -0.1) is 0 Å². The number of H-pyrrole nitrogens is 1. The number of benzene rings is 1. The number of hydrogen-bond acceptors (Lipinski definition) is 5. The summed E-state index contributed by atoms with van der Waals surface area (Å²) < 4.78 is 7.29. The van der Waals surface area contributed by atoms with E-state index < -0.39 is 6.23 Å². The molecule has 1 atom stereocenters. The molecule has 0 aliphatic heterocycles. The molecule has 2 heterocycles. The molecule has 0 aliphatic rings. The monoisotopic (exact) mass is 285 g/mol. The van der Waals surface area contributed by atoms with Gasteiger partial charge in [0.2, 0.25) is 0 Å². The van der Waals surface area contributed by atoms with Crippen molar-refractivity contribution < 1.29 is 9.84 Å². The van der Waals surface area contributed by atoms with Crippen LogP contribution in [0.3, 0.4) is 0 Å². The number of imidazole rings is 1. The number of fused-ring (bicyclic) bond motifs is 1. The minimum absolute atomic E-state index is 0.0864. The standard InChI is InChI=1S/C14H15N5O2/c15-12-11-13(17-8-16-11)18-9-19(12)14(21-7-6-20)10-4-2-1-3-5-10/h1-5,8-9,14-15,20H,6-7H2,(H,16,17). The summed E-state index contributed by atoms with van der Waals surface area (Å²) in [6.07, 6.45) is 2.51. The Morgan fingerprint density at radius 1 is 1.29 bits per heavy atom. The second-order valence-corrected chi connectivity index (χ2v) is 4.46. The highest BCUT2D eigenvalue weighted by Gasteiger charge is 2.16. The van der Waals surface area contributed by atoms with Crippen molar-refractivity contribution in [2.24, 2.45) is 0 Å². The Kier molecular flexibility index (Phi) is 3.76. The fourth-order valence-electron chi connectivity index (χ4n) is 2.16. The van der Waals surface area contributed by atoms with Crippen LogP contribution in [0.5, 0.6) is 0 Å². The van der Waals surface area contributed by atoms with Crippen molar-refractivity contribution in [2.45, 2.75) is 6.23 Å². The number of aliphatic hydroxyl groups excluding tert-OH is 1. The molecule has 108 valence electrons. The maximum Gasteiger partial charge on any atom is 0.182 e. The van der Waals surface area contributed by atoms with Gasteiger partial charge in [-0.2, -0.15) is 0 Å². The first-order valence-electron chi connectivity index (χ1n) is 6.53. The van der Waals surface area contributed by atoms with E-state index in [0.29, 0.717) is 11.2 Å². The molecule has 0 amide bonds. The number of aromatic amines is 1. The second-order valence-electron chi connectivity index (χ2n) is 4.46. The number of nitrogens with one attached hydrogen (secondary N) is 2. The molecule has 0 radical (unpaired) electrons. The van der Waals surface area contributed by atoms with Gasteiger partial charge in [0.05, 0.1) is 19.5 Å². The van der Waals surface area contributed by atoms with E-state index in [-0.39, 0.29) is 18.7 Å². The Morgan fingerprint density at radius 3 is 2.86 bits per heavy atom. The van der Waals surface area contributed by atoms with Crippen molar-refractivity contribution >= 4 is 11.2 Å². The van der Waals surface area contributed by atoms with Gasteiger partial charge < -0.3 is 14.8 Å². The van der Waals surface area contributed by atoms with E-state index in [2.05, 4.69) is 15.0 Å². The molecule has 7 nitrogen and oxygen atoms in total. The summed E-state index contributed by atoms with van der Waals surface area (Å²) in [6, 6.07) is 9.53. The number of nitrogens with zero attached hydrogens (tertiary/aromatic N) is 3. The molecule has 3 N–H and O–H groups in total. The van der Waals surface area contributed by atoms with E-state index >= 15 is 0 Å². The van der Waals surface area contributed by atoms with E-state index in [1.807, 2.05) is 30.3 Å². The molecule has 2 aromatic heterocycles. The van der Waals surface area contributed by atoms with Crippen LogP contribution in [0.1, 0.15) is 11.8 Å². The van der Waals surface area contributed by atoms with Gasteiger partial charge in [-0.1, -0.05) is 30.3 Å². The fourth-order valence-corrected chi connectivity index (χ4v) is 2.16. The van der Waals surface area contributed by atoms with E-state index in [1.54, 1.807) is 4.57 Å². The zero-order chi connectivity index (χ0) is 14.7. The highest BCUT2D eigenvalue weighted by molar-refractivity contribution is 5.67. The SMILES string of the molecule is N=c1c2[nH]cnc2ncn1C(OCCO)c1ccccc1. The fraction of sp³-hybridized carbons (Fsp3) is 0.214. The zero-order valence-corrected chi connectivity index (χ0v) is 11.2. The lowest BCUT2D eigenvalue weighted by molar-refractivity contribution is 0.00781. The lowest BCUT2D eigenvalue weighted by Crippen LogP contribution is -2.28. The van der Waals surface area contributed by atoms with Gasteiger partial charge in [-0.25, -0.2) is 9.97 Å². The van der Waals surface area contributed by atoms with Gasteiger partial charge in [0.1, 0.15) is 11.8 Å². The van der Waals surface area contributed by atoms with Crippen molar-refractivity contribution in [1.82, 2.24) is 19.5 Å². The summed E-state index contributed by atoms with van der Waals surface area (Å²) in [5.41, 5.74) is 2.14. The smallest absolute Gasteiger partial charge is 0.182 e. The Balaban J connectivity index is 2.09. The number of aliphatic hydroxyl groups is 1. The largest absolute Gasteiger partial charge is 0.394 e. The molecule has 1 unspecified atom stereocenters. The summed E-state index contributed by atoms with van der Waals surface area (Å²) in [7, 11) is 0. The summed E-state index contributed by atoms with van der Waals surface area (Å²) in [5, 5.41) is 17.3. The molecule has 1 aromatic carbocycles. The summed E-state index contributed by atoms with van der Waals surface area (Å²) in [6.45, 7) is 0.0873. The average Bonchev–Trinajstić information content (AvgIpc) is 3.00. The lowest BCUT2D eigenvalue weighted by Gasteiger charge is -2.21. The van der Waals surface area contributed by atoms with Crippen LogP contribution in [-0.2, 0) is 4.74 Å². The summed E-state index contributed by atoms with van der Waals surface area (Å²) >= 11 is 0. The van der Waals surface area contributed by atoms with Crippen molar-refractivity contribution in [3.05, 3.63) is 54.0 Å². The van der Waals surface area contributed by atoms with Crippen molar-refractivity contribution in [3.8, 4) is 0 Å². The number of rotatable bonds is 5.